The highest BCUT2D eigenvalue weighted by Gasteiger charge is 2.21. The van der Waals surface area contributed by atoms with E-state index in [-0.39, 0.29) is 5.90 Å². The second kappa shape index (κ2) is 5.73. The third-order valence-electron chi connectivity index (χ3n) is 3.24. The Morgan fingerprint density at radius 3 is 3.17 bits per heavy atom. The molecule has 0 amide bonds. The van der Waals surface area contributed by atoms with E-state index < -0.39 is 0 Å². The fraction of sp³-hybridized carbons (Fsp3) is 0.462. The average Bonchev–Trinajstić information content (AvgIpc) is 2.97. The van der Waals surface area contributed by atoms with Gasteiger partial charge in [-0.25, -0.2) is 0 Å². The molecule has 1 aromatic rings. The summed E-state index contributed by atoms with van der Waals surface area (Å²) in [6, 6.07) is 2.16. The number of hydrogen-bond donors (Lipinski definition) is 2. The molecule has 2 heterocycles. The largest absolute Gasteiger partial charge is 0.476 e. The lowest BCUT2D eigenvalue weighted by Gasteiger charge is -2.19. The highest BCUT2D eigenvalue weighted by molar-refractivity contribution is 5.92. The van der Waals surface area contributed by atoms with E-state index in [0.29, 0.717) is 18.3 Å². The fourth-order valence-electron chi connectivity index (χ4n) is 2.07. The number of rotatable bonds is 4. The van der Waals surface area contributed by atoms with Crippen LogP contribution in [0.3, 0.4) is 0 Å². The molecule has 98 valence electrons. The van der Waals surface area contributed by atoms with Gasteiger partial charge < -0.3 is 19.8 Å². The Kier molecular flexibility index (Phi) is 4.04. The van der Waals surface area contributed by atoms with E-state index in [2.05, 4.69) is 11.9 Å². The third-order valence-corrected chi connectivity index (χ3v) is 3.24. The molecule has 1 aliphatic rings. The first-order valence-electron chi connectivity index (χ1n) is 6.08. The molecule has 0 aromatic carbocycles. The minimum atomic E-state index is 0.0917. The zero-order valence-electron chi connectivity index (χ0n) is 10.6. The van der Waals surface area contributed by atoms with Crippen LogP contribution in [0.5, 0.6) is 0 Å². The topological polar surface area (TPSA) is 75.5 Å². The zero-order chi connectivity index (χ0) is 13.0. The molecule has 3 N–H and O–H groups in total. The number of nitrogens with zero attached hydrogens (tertiary/aromatic N) is 1. The maximum absolute atomic E-state index is 7.72. The summed E-state index contributed by atoms with van der Waals surface area (Å²) in [6.45, 7) is 1.65. The van der Waals surface area contributed by atoms with Gasteiger partial charge in [-0.1, -0.05) is 0 Å². The molecule has 5 nitrogen and oxygen atoms in total. The van der Waals surface area contributed by atoms with Crippen LogP contribution in [0.2, 0.25) is 0 Å². The number of likely N-dealkylation sites (N-methyl/N-ethyl adjacent to an activating group) is 1. The normalized spacial score (nSPS) is 21.2. The molecule has 18 heavy (non-hydrogen) atoms. The van der Waals surface area contributed by atoms with Crippen LogP contribution in [0.1, 0.15) is 18.4 Å². The SMILES string of the molecule is CN1CCC[C@H]1COC(=N)C=C(N)c1ccoc1. The third kappa shape index (κ3) is 3.13. The van der Waals surface area contributed by atoms with Gasteiger partial charge in [0.2, 0.25) is 5.90 Å². The van der Waals surface area contributed by atoms with E-state index in [1.165, 1.54) is 12.5 Å². The lowest BCUT2D eigenvalue weighted by molar-refractivity contribution is 0.190. The van der Waals surface area contributed by atoms with Crippen molar-refractivity contribution in [2.75, 3.05) is 20.2 Å². The molecule has 1 aromatic heterocycles. The monoisotopic (exact) mass is 249 g/mol. The van der Waals surface area contributed by atoms with Crippen molar-refractivity contribution in [3.05, 3.63) is 30.2 Å². The summed E-state index contributed by atoms with van der Waals surface area (Å²) < 4.78 is 10.4. The van der Waals surface area contributed by atoms with E-state index in [1.807, 2.05) is 0 Å². The molecule has 2 rings (SSSR count). The Labute approximate surface area is 107 Å². The first-order valence-corrected chi connectivity index (χ1v) is 6.08. The molecule has 0 bridgehead atoms. The average molecular weight is 249 g/mol. The van der Waals surface area contributed by atoms with Crippen molar-refractivity contribution in [1.29, 1.82) is 5.41 Å². The van der Waals surface area contributed by atoms with E-state index >= 15 is 0 Å². The van der Waals surface area contributed by atoms with Crippen molar-refractivity contribution in [3.63, 3.8) is 0 Å². The van der Waals surface area contributed by atoms with Crippen LogP contribution in [0.25, 0.3) is 5.70 Å². The fourth-order valence-corrected chi connectivity index (χ4v) is 2.07. The maximum atomic E-state index is 7.72. The minimum Gasteiger partial charge on any atom is -0.476 e. The smallest absolute Gasteiger partial charge is 0.207 e. The summed E-state index contributed by atoms with van der Waals surface area (Å²) >= 11 is 0. The Balaban J connectivity index is 1.83. The Hall–Kier alpha value is -1.75. The molecule has 5 heteroatoms. The zero-order valence-corrected chi connectivity index (χ0v) is 10.6. The van der Waals surface area contributed by atoms with Crippen LogP contribution < -0.4 is 5.73 Å². The van der Waals surface area contributed by atoms with E-state index in [9.17, 15) is 0 Å². The van der Waals surface area contributed by atoms with E-state index in [0.717, 1.165) is 18.5 Å². The van der Waals surface area contributed by atoms with Crippen molar-refractivity contribution in [3.8, 4) is 0 Å². The number of nitrogens with one attached hydrogen (secondary N) is 1. The molecule has 0 spiro atoms. The molecule has 1 saturated heterocycles. The molecular formula is C13H19N3O2. The van der Waals surface area contributed by atoms with E-state index in [1.54, 1.807) is 18.6 Å². The second-order valence-electron chi connectivity index (χ2n) is 4.56. The lowest BCUT2D eigenvalue weighted by atomic mass is 10.2. The Morgan fingerprint density at radius 2 is 2.56 bits per heavy atom. The van der Waals surface area contributed by atoms with Crippen LogP contribution in [-0.2, 0) is 4.74 Å². The van der Waals surface area contributed by atoms with Gasteiger partial charge in [-0.15, -0.1) is 0 Å². The van der Waals surface area contributed by atoms with Gasteiger partial charge in [-0.05, 0) is 32.5 Å². The van der Waals surface area contributed by atoms with Crippen LogP contribution in [0.4, 0.5) is 0 Å². The predicted octanol–water partition coefficient (Wildman–Crippen LogP) is 1.67. The van der Waals surface area contributed by atoms with Crippen LogP contribution in [0, 0.1) is 5.41 Å². The predicted molar refractivity (Wildman–Crippen MR) is 70.2 cm³/mol. The summed E-state index contributed by atoms with van der Waals surface area (Å²) in [6.07, 6.45) is 6.94. The van der Waals surface area contributed by atoms with Gasteiger partial charge >= 0.3 is 0 Å². The van der Waals surface area contributed by atoms with Gasteiger partial charge in [-0.2, -0.15) is 0 Å². The van der Waals surface area contributed by atoms with Gasteiger partial charge in [0.05, 0.1) is 12.5 Å². The second-order valence-corrected chi connectivity index (χ2v) is 4.56. The quantitative estimate of drug-likeness (QED) is 0.628. The standard InChI is InChI=1S/C13H19N3O2/c1-16-5-2-3-11(16)9-18-13(15)7-12(14)10-4-6-17-8-10/h4,6-8,11,15H,2-3,5,9,14H2,1H3/t11-/m0/s1. The Morgan fingerprint density at radius 1 is 1.72 bits per heavy atom. The molecule has 0 unspecified atom stereocenters. The molecule has 0 radical (unpaired) electrons. The summed E-state index contributed by atoms with van der Waals surface area (Å²) in [5.41, 5.74) is 7.07. The van der Waals surface area contributed by atoms with Gasteiger partial charge in [0.25, 0.3) is 0 Å². The summed E-state index contributed by atoms with van der Waals surface area (Å²) in [5, 5.41) is 7.72. The van der Waals surface area contributed by atoms with Crippen molar-refractivity contribution in [1.82, 2.24) is 4.90 Å². The van der Waals surface area contributed by atoms with Gasteiger partial charge in [0, 0.05) is 23.4 Å². The highest BCUT2D eigenvalue weighted by atomic mass is 16.5. The number of likely N-dealkylation sites (tertiary alicyclic amines) is 1. The van der Waals surface area contributed by atoms with E-state index in [4.69, 9.17) is 20.3 Å². The summed E-state index contributed by atoms with van der Waals surface area (Å²) in [7, 11) is 2.08. The van der Waals surface area contributed by atoms with Crippen LogP contribution in [0.15, 0.2) is 29.1 Å². The van der Waals surface area contributed by atoms with Crippen molar-refractivity contribution >= 4 is 11.6 Å². The molecule has 1 atom stereocenters. The first kappa shape index (κ1) is 12.7. The molecule has 0 saturated carbocycles. The lowest BCUT2D eigenvalue weighted by Crippen LogP contribution is -2.30. The van der Waals surface area contributed by atoms with Gasteiger partial charge in [-0.3, -0.25) is 5.41 Å². The number of nitrogens with two attached hydrogens (primary N) is 1. The minimum absolute atomic E-state index is 0.0917. The Bertz CT molecular complexity index is 425. The van der Waals surface area contributed by atoms with Crippen LogP contribution in [-0.4, -0.2) is 37.0 Å². The molecule has 1 aliphatic heterocycles. The van der Waals surface area contributed by atoms with Crippen molar-refractivity contribution in [2.45, 2.75) is 18.9 Å². The summed E-state index contributed by atoms with van der Waals surface area (Å²) in [5.74, 6) is 0.0917. The molecule has 1 fully saturated rings. The van der Waals surface area contributed by atoms with Crippen LogP contribution >= 0.6 is 0 Å². The van der Waals surface area contributed by atoms with Crippen molar-refractivity contribution in [2.24, 2.45) is 5.73 Å². The van der Waals surface area contributed by atoms with Gasteiger partial charge in [0.15, 0.2) is 0 Å². The number of furan rings is 1. The first-order chi connectivity index (χ1) is 8.66. The maximum Gasteiger partial charge on any atom is 0.207 e. The molecule has 0 aliphatic carbocycles. The number of hydrogen-bond acceptors (Lipinski definition) is 5. The molecular weight excluding hydrogens is 230 g/mol. The summed E-state index contributed by atoms with van der Waals surface area (Å²) in [4.78, 5) is 2.26. The van der Waals surface area contributed by atoms with Gasteiger partial charge in [0.1, 0.15) is 6.61 Å². The highest BCUT2D eigenvalue weighted by Crippen LogP contribution is 2.15. The van der Waals surface area contributed by atoms with Crippen molar-refractivity contribution < 1.29 is 9.15 Å². The number of ether oxygens (including phenoxy) is 1.